The average molecular weight is 289 g/mol. The van der Waals surface area contributed by atoms with E-state index < -0.39 is 0 Å². The molecule has 1 aliphatic carbocycles. The first-order valence-corrected chi connectivity index (χ1v) is 7.32. The average Bonchev–Trinajstić information content (AvgIpc) is 3.12. The maximum atomic E-state index is 12.0. The van der Waals surface area contributed by atoms with E-state index in [1.54, 1.807) is 18.4 Å². The maximum Gasteiger partial charge on any atom is 0.243 e. The van der Waals surface area contributed by atoms with Crippen molar-refractivity contribution in [3.05, 3.63) is 18.4 Å². The highest BCUT2D eigenvalue weighted by atomic mass is 16.3. The molecule has 1 N–H and O–H groups in total. The van der Waals surface area contributed by atoms with Crippen molar-refractivity contribution in [1.29, 1.82) is 0 Å². The molecule has 0 aromatic carbocycles. The van der Waals surface area contributed by atoms with Crippen LogP contribution in [0, 0.1) is 5.92 Å². The lowest BCUT2D eigenvalue weighted by molar-refractivity contribution is -0.123. The highest BCUT2D eigenvalue weighted by Crippen LogP contribution is 2.23. The van der Waals surface area contributed by atoms with Crippen LogP contribution < -0.4 is 5.32 Å². The number of hydrogen-bond acceptors (Lipinski definition) is 5. The van der Waals surface area contributed by atoms with Crippen molar-refractivity contribution in [3.63, 3.8) is 0 Å². The van der Waals surface area contributed by atoms with Crippen LogP contribution in [0.4, 0.5) is 0 Å². The topological polar surface area (TPSA) is 85.8 Å². The number of aromatic nitrogens is 4. The molecule has 2 heterocycles. The summed E-state index contributed by atoms with van der Waals surface area (Å²) in [6, 6.07) is 3.79. The van der Waals surface area contributed by atoms with Gasteiger partial charge >= 0.3 is 0 Å². The summed E-state index contributed by atoms with van der Waals surface area (Å²) >= 11 is 0. The molecule has 0 saturated heterocycles. The third-order valence-corrected chi connectivity index (χ3v) is 3.86. The van der Waals surface area contributed by atoms with Crippen LogP contribution in [0.2, 0.25) is 0 Å². The Morgan fingerprint density at radius 2 is 2.24 bits per heavy atom. The van der Waals surface area contributed by atoms with E-state index in [1.807, 2.05) is 0 Å². The van der Waals surface area contributed by atoms with E-state index in [0.717, 1.165) is 18.8 Å². The second kappa shape index (κ2) is 6.07. The monoisotopic (exact) mass is 289 g/mol. The molecule has 0 aliphatic heterocycles. The largest absolute Gasteiger partial charge is 0.461 e. The lowest BCUT2D eigenvalue weighted by Gasteiger charge is -2.26. The molecule has 7 nitrogen and oxygen atoms in total. The van der Waals surface area contributed by atoms with Gasteiger partial charge in [0.1, 0.15) is 6.54 Å². The SMILES string of the molecule is CC1CCC(NC(=O)Cn2nnc(-c3ccco3)n2)CC1. The number of rotatable bonds is 4. The molecule has 3 rings (SSSR count). The zero-order valence-corrected chi connectivity index (χ0v) is 12.0. The van der Waals surface area contributed by atoms with E-state index in [1.165, 1.54) is 17.6 Å². The molecule has 7 heteroatoms. The summed E-state index contributed by atoms with van der Waals surface area (Å²) in [5.41, 5.74) is 0. The Morgan fingerprint density at radius 1 is 1.43 bits per heavy atom. The highest BCUT2D eigenvalue weighted by molar-refractivity contribution is 5.75. The summed E-state index contributed by atoms with van der Waals surface area (Å²) in [4.78, 5) is 13.3. The highest BCUT2D eigenvalue weighted by Gasteiger charge is 2.20. The minimum atomic E-state index is -0.0713. The van der Waals surface area contributed by atoms with Crippen LogP contribution in [0.15, 0.2) is 22.8 Å². The van der Waals surface area contributed by atoms with Gasteiger partial charge in [-0.2, -0.15) is 4.80 Å². The Kier molecular flexibility index (Phi) is 3.98. The second-order valence-electron chi connectivity index (χ2n) is 5.65. The van der Waals surface area contributed by atoms with Crippen LogP contribution in [0.3, 0.4) is 0 Å². The van der Waals surface area contributed by atoms with Gasteiger partial charge in [0.2, 0.25) is 11.7 Å². The summed E-state index contributed by atoms with van der Waals surface area (Å²) in [7, 11) is 0. The molecule has 1 aliphatic rings. The standard InChI is InChI=1S/C14H19N5O2/c1-10-4-6-11(7-5-10)15-13(20)9-19-17-14(16-18-19)12-3-2-8-21-12/h2-3,8,10-11H,4-7,9H2,1H3,(H,15,20). The lowest BCUT2D eigenvalue weighted by Crippen LogP contribution is -2.39. The summed E-state index contributed by atoms with van der Waals surface area (Å²) in [5.74, 6) is 1.63. The molecule has 21 heavy (non-hydrogen) atoms. The van der Waals surface area contributed by atoms with E-state index >= 15 is 0 Å². The van der Waals surface area contributed by atoms with E-state index in [0.29, 0.717) is 11.6 Å². The number of furan rings is 1. The first-order valence-electron chi connectivity index (χ1n) is 7.32. The lowest BCUT2D eigenvalue weighted by atomic mass is 9.87. The molecule has 2 aromatic rings. The second-order valence-corrected chi connectivity index (χ2v) is 5.65. The fourth-order valence-electron chi connectivity index (χ4n) is 2.62. The third-order valence-electron chi connectivity index (χ3n) is 3.86. The van der Waals surface area contributed by atoms with Crippen LogP contribution >= 0.6 is 0 Å². The van der Waals surface area contributed by atoms with E-state index in [4.69, 9.17) is 4.42 Å². The van der Waals surface area contributed by atoms with Crippen molar-refractivity contribution in [2.75, 3.05) is 0 Å². The molecule has 0 atom stereocenters. The molecule has 1 saturated carbocycles. The fraction of sp³-hybridized carbons (Fsp3) is 0.571. The molecule has 0 radical (unpaired) electrons. The predicted molar refractivity (Wildman–Crippen MR) is 75.1 cm³/mol. The predicted octanol–water partition coefficient (Wildman–Crippen LogP) is 1.63. The number of nitrogens with zero attached hydrogens (tertiary/aromatic N) is 4. The van der Waals surface area contributed by atoms with Crippen LogP contribution in [-0.4, -0.2) is 32.2 Å². The molecule has 0 spiro atoms. The number of hydrogen-bond donors (Lipinski definition) is 1. The molecule has 112 valence electrons. The van der Waals surface area contributed by atoms with Gasteiger partial charge in [-0.3, -0.25) is 4.79 Å². The van der Waals surface area contributed by atoms with Gasteiger partial charge in [0.15, 0.2) is 5.76 Å². The Bertz CT molecular complexity index is 584. The van der Waals surface area contributed by atoms with Gasteiger partial charge in [-0.15, -0.1) is 10.2 Å². The first kappa shape index (κ1) is 13.8. The maximum absolute atomic E-state index is 12.0. The minimum absolute atomic E-state index is 0.0713. The molecule has 2 aromatic heterocycles. The van der Waals surface area contributed by atoms with Crippen LogP contribution in [0.5, 0.6) is 0 Å². The molecule has 1 amide bonds. The van der Waals surface area contributed by atoms with Crippen molar-refractivity contribution >= 4 is 5.91 Å². The molecule has 0 unspecified atom stereocenters. The van der Waals surface area contributed by atoms with Crippen molar-refractivity contribution in [2.24, 2.45) is 5.92 Å². The number of nitrogens with one attached hydrogen (secondary N) is 1. The summed E-state index contributed by atoms with van der Waals surface area (Å²) in [6.45, 7) is 2.34. The zero-order valence-electron chi connectivity index (χ0n) is 12.0. The van der Waals surface area contributed by atoms with Gasteiger partial charge in [-0.25, -0.2) is 0 Å². The number of carbonyl (C=O) groups excluding carboxylic acids is 1. The Morgan fingerprint density at radius 3 is 2.95 bits per heavy atom. The Balaban J connectivity index is 1.53. The summed E-state index contributed by atoms with van der Waals surface area (Å²) < 4.78 is 5.19. The molecule has 1 fully saturated rings. The zero-order chi connectivity index (χ0) is 14.7. The summed E-state index contributed by atoms with van der Waals surface area (Å²) in [6.07, 6.45) is 6.00. The van der Waals surface area contributed by atoms with Crippen LogP contribution in [0.1, 0.15) is 32.6 Å². The number of amides is 1. The number of tetrazole rings is 1. The van der Waals surface area contributed by atoms with Crippen LogP contribution in [0.25, 0.3) is 11.6 Å². The smallest absolute Gasteiger partial charge is 0.243 e. The van der Waals surface area contributed by atoms with Gasteiger partial charge in [-0.05, 0) is 48.9 Å². The third kappa shape index (κ3) is 3.48. The molecular formula is C14H19N5O2. The Hall–Kier alpha value is -2.18. The van der Waals surface area contributed by atoms with Gasteiger partial charge < -0.3 is 9.73 Å². The summed E-state index contributed by atoms with van der Waals surface area (Å²) in [5, 5.41) is 14.9. The quantitative estimate of drug-likeness (QED) is 0.924. The van der Waals surface area contributed by atoms with E-state index in [9.17, 15) is 4.79 Å². The van der Waals surface area contributed by atoms with Crippen molar-refractivity contribution in [2.45, 2.75) is 45.2 Å². The van der Waals surface area contributed by atoms with Crippen LogP contribution in [-0.2, 0) is 11.3 Å². The fourth-order valence-corrected chi connectivity index (χ4v) is 2.62. The Labute approximate surface area is 122 Å². The van der Waals surface area contributed by atoms with E-state index in [-0.39, 0.29) is 18.5 Å². The molecular weight excluding hydrogens is 270 g/mol. The molecule has 0 bridgehead atoms. The van der Waals surface area contributed by atoms with E-state index in [2.05, 4.69) is 27.7 Å². The van der Waals surface area contributed by atoms with Gasteiger partial charge in [-0.1, -0.05) is 6.92 Å². The van der Waals surface area contributed by atoms with Gasteiger partial charge in [0.05, 0.1) is 6.26 Å². The van der Waals surface area contributed by atoms with Crippen molar-refractivity contribution < 1.29 is 9.21 Å². The first-order chi connectivity index (χ1) is 10.2. The van der Waals surface area contributed by atoms with Crippen molar-refractivity contribution in [3.8, 4) is 11.6 Å². The van der Waals surface area contributed by atoms with Crippen molar-refractivity contribution in [1.82, 2.24) is 25.5 Å². The van der Waals surface area contributed by atoms with Gasteiger partial charge in [0, 0.05) is 6.04 Å². The van der Waals surface area contributed by atoms with Gasteiger partial charge in [0.25, 0.3) is 0 Å². The minimum Gasteiger partial charge on any atom is -0.461 e. The normalized spacial score (nSPS) is 22.1. The number of carbonyl (C=O) groups is 1.